The molecule has 0 unspecified atom stereocenters. The van der Waals surface area contributed by atoms with Crippen LogP contribution in [0.2, 0.25) is 10.6 Å². The van der Waals surface area contributed by atoms with Crippen molar-refractivity contribution < 1.29 is 24.3 Å². The molecular formula is C5H12AlLiO. The fourth-order valence-corrected chi connectivity index (χ4v) is 2.83. The predicted octanol–water partition coefficient (Wildman–Crippen LogP) is -1.73. The summed E-state index contributed by atoms with van der Waals surface area (Å²) in [6.45, 7) is 0. The van der Waals surface area contributed by atoms with E-state index in [1.807, 2.05) is 0 Å². The van der Waals surface area contributed by atoms with E-state index in [0.29, 0.717) is 15.2 Å². The molecule has 0 atom stereocenters. The first-order chi connectivity index (χ1) is 3.00. The minimum Gasteiger partial charge on any atom is -0.870 e. The first kappa shape index (κ1) is 11.8. The summed E-state index contributed by atoms with van der Waals surface area (Å²) in [5.74, 6) is 0. The van der Waals surface area contributed by atoms with E-state index >= 15 is 0 Å². The third-order valence-corrected chi connectivity index (χ3v) is 3.50. The van der Waals surface area contributed by atoms with Gasteiger partial charge in [0, 0.05) is 0 Å². The molecule has 3 heteroatoms. The molecule has 1 saturated heterocycles. The van der Waals surface area contributed by atoms with E-state index in [1.165, 1.54) is 6.42 Å². The van der Waals surface area contributed by atoms with Crippen LogP contribution in [0.3, 0.4) is 0 Å². The summed E-state index contributed by atoms with van der Waals surface area (Å²) < 4.78 is 0. The minimum atomic E-state index is 0. The van der Waals surface area contributed by atoms with Crippen LogP contribution in [0.4, 0.5) is 0 Å². The van der Waals surface area contributed by atoms with Crippen LogP contribution in [0, 0.1) is 0 Å². The van der Waals surface area contributed by atoms with Gasteiger partial charge in [0.25, 0.3) is 0 Å². The Morgan fingerprint density at radius 1 is 0.875 bits per heavy atom. The fourth-order valence-electron chi connectivity index (χ4n) is 1.06. The molecule has 8 heavy (non-hydrogen) atoms. The molecule has 1 fully saturated rings. The molecule has 0 bridgehead atoms. The second kappa shape index (κ2) is 8.09. The Labute approximate surface area is 69.4 Å². The Morgan fingerprint density at radius 3 is 1.50 bits per heavy atom. The zero-order chi connectivity index (χ0) is 4.24. The Hall–Kier alpha value is 1.09. The van der Waals surface area contributed by atoms with Crippen molar-refractivity contribution in [3.05, 3.63) is 0 Å². The molecule has 0 aliphatic carbocycles. The molecule has 0 saturated carbocycles. The van der Waals surface area contributed by atoms with Gasteiger partial charge in [0.2, 0.25) is 15.2 Å². The van der Waals surface area contributed by atoms with Crippen molar-refractivity contribution in [3.8, 4) is 0 Å². The summed E-state index contributed by atoms with van der Waals surface area (Å²) in [4.78, 5) is 0. The van der Waals surface area contributed by atoms with E-state index in [2.05, 4.69) is 0 Å². The van der Waals surface area contributed by atoms with E-state index in [-0.39, 0.29) is 24.3 Å². The molecule has 1 aliphatic heterocycles. The molecule has 1 aliphatic rings. The molecule has 0 aromatic heterocycles. The average Bonchev–Trinajstić information content (AvgIpc) is 1.72. The normalized spacial score (nSPS) is 17.0. The smallest absolute Gasteiger partial charge is 0.870 e. The molecule has 1 nitrogen and oxygen atoms in total. The molecule has 0 spiro atoms. The van der Waals surface area contributed by atoms with Crippen LogP contribution in [0.5, 0.6) is 0 Å². The van der Waals surface area contributed by atoms with Crippen LogP contribution >= 0.6 is 0 Å². The Balaban J connectivity index is 0. The zero-order valence-corrected chi connectivity index (χ0v) is 7.10. The van der Waals surface area contributed by atoms with Gasteiger partial charge in [0.05, 0.1) is 0 Å². The average molecular weight is 122 g/mol. The molecular weight excluding hydrogens is 110 g/mol. The summed E-state index contributed by atoms with van der Waals surface area (Å²) in [7, 11) is 0. The zero-order valence-electron chi connectivity index (χ0n) is 5.69. The second-order valence-corrected chi connectivity index (χ2v) is 4.24. The molecule has 0 amide bonds. The first-order valence-corrected chi connectivity index (χ1v) is 5.00. The summed E-state index contributed by atoms with van der Waals surface area (Å²) in [6.07, 6.45) is 4.66. The quantitative estimate of drug-likeness (QED) is 0.351. The Bertz CT molecular complexity index is 27.9. The van der Waals surface area contributed by atoms with Crippen molar-refractivity contribution >= 4 is 15.2 Å². The van der Waals surface area contributed by atoms with Crippen LogP contribution in [0.25, 0.3) is 0 Å². The van der Waals surface area contributed by atoms with Crippen LogP contribution < -0.4 is 18.9 Å². The van der Waals surface area contributed by atoms with E-state index in [1.54, 1.807) is 23.4 Å². The molecule has 0 aromatic rings. The topological polar surface area (TPSA) is 30.0 Å². The maximum atomic E-state index is 1.64. The third-order valence-electron chi connectivity index (χ3n) is 1.50. The standard InChI is InChI=1S/C5H10.Al.Li.H2O.H/c1-3-5-4-2;;;;/h1-5H2;;;1H2;/q;;+1;;/p-1. The van der Waals surface area contributed by atoms with Gasteiger partial charge in [-0.3, -0.25) is 0 Å². The predicted molar refractivity (Wildman–Crippen MR) is 32.5 cm³/mol. The van der Waals surface area contributed by atoms with Crippen molar-refractivity contribution in [3.63, 3.8) is 0 Å². The van der Waals surface area contributed by atoms with Gasteiger partial charge in [0.15, 0.2) is 0 Å². The van der Waals surface area contributed by atoms with Crippen LogP contribution in [0.15, 0.2) is 0 Å². The molecule has 1 heterocycles. The number of hydrogen-bond acceptors (Lipinski definition) is 1. The summed E-state index contributed by atoms with van der Waals surface area (Å²) in [5, 5.41) is 3.28. The molecule has 1 N–H and O–H groups in total. The van der Waals surface area contributed by atoms with Crippen molar-refractivity contribution in [1.29, 1.82) is 0 Å². The van der Waals surface area contributed by atoms with E-state index in [4.69, 9.17) is 0 Å². The van der Waals surface area contributed by atoms with Gasteiger partial charge in [-0.15, -0.1) is 0 Å². The summed E-state index contributed by atoms with van der Waals surface area (Å²) >= 11 is 0.508. The van der Waals surface area contributed by atoms with Crippen LogP contribution in [-0.2, 0) is 0 Å². The third kappa shape index (κ3) is 5.23. The summed E-state index contributed by atoms with van der Waals surface area (Å²) in [5.41, 5.74) is 0. The van der Waals surface area contributed by atoms with E-state index < -0.39 is 0 Å². The SMILES string of the molecule is C1C[CH2][AlH][CH2]C1.[Li+].[OH-]. The van der Waals surface area contributed by atoms with E-state index in [9.17, 15) is 0 Å². The van der Waals surface area contributed by atoms with Crippen molar-refractivity contribution in [2.75, 3.05) is 0 Å². The number of rotatable bonds is 0. The van der Waals surface area contributed by atoms with Gasteiger partial charge in [-0.1, -0.05) is 29.8 Å². The Kier molecular flexibility index (Phi) is 12.0. The van der Waals surface area contributed by atoms with Crippen molar-refractivity contribution in [2.45, 2.75) is 29.8 Å². The summed E-state index contributed by atoms with van der Waals surface area (Å²) in [6, 6.07) is 0. The maximum Gasteiger partial charge on any atom is 1.00 e. The molecule has 0 aromatic carbocycles. The first-order valence-electron chi connectivity index (χ1n) is 3.00. The van der Waals surface area contributed by atoms with Crippen LogP contribution in [-0.4, -0.2) is 20.7 Å². The van der Waals surface area contributed by atoms with Gasteiger partial charge in [-0.05, 0) is 0 Å². The van der Waals surface area contributed by atoms with Crippen molar-refractivity contribution in [2.24, 2.45) is 0 Å². The van der Waals surface area contributed by atoms with Gasteiger partial charge in [0.1, 0.15) is 0 Å². The minimum absolute atomic E-state index is 0. The van der Waals surface area contributed by atoms with E-state index in [0.717, 1.165) is 0 Å². The maximum absolute atomic E-state index is 1.64. The van der Waals surface area contributed by atoms with Crippen molar-refractivity contribution in [1.82, 2.24) is 0 Å². The number of hydrogen-bond donors (Lipinski definition) is 0. The molecule has 1 rings (SSSR count). The Morgan fingerprint density at radius 2 is 1.38 bits per heavy atom. The van der Waals surface area contributed by atoms with Gasteiger partial charge in [-0.25, -0.2) is 0 Å². The van der Waals surface area contributed by atoms with Gasteiger partial charge < -0.3 is 5.48 Å². The van der Waals surface area contributed by atoms with Crippen LogP contribution in [0.1, 0.15) is 19.3 Å². The fraction of sp³-hybridized carbons (Fsp3) is 1.00. The van der Waals surface area contributed by atoms with Gasteiger partial charge in [-0.2, -0.15) is 0 Å². The largest absolute Gasteiger partial charge is 1.00 e. The molecule has 42 valence electrons. The van der Waals surface area contributed by atoms with Gasteiger partial charge >= 0.3 is 18.9 Å². The monoisotopic (exact) mass is 122 g/mol. The molecule has 0 radical (unpaired) electrons. The second-order valence-electron chi connectivity index (χ2n) is 2.12.